The molecule has 4 nitrogen and oxygen atoms in total. The molecule has 1 aliphatic rings. The fraction of sp³-hybridized carbons (Fsp3) is 0.500. The summed E-state index contributed by atoms with van der Waals surface area (Å²) in [5, 5.41) is 22.1. The van der Waals surface area contributed by atoms with Crippen LogP contribution in [0.25, 0.3) is 0 Å². The molecule has 2 rings (SSSR count). The Labute approximate surface area is 107 Å². The SMILES string of the molecule is CC(CO)(NC(=O)C(O)c1ccccc1)C1CC1. The molecule has 0 aromatic heterocycles. The second kappa shape index (κ2) is 5.08. The van der Waals surface area contributed by atoms with Gasteiger partial charge in [-0.3, -0.25) is 4.79 Å². The Morgan fingerprint density at radius 2 is 2.06 bits per heavy atom. The zero-order valence-electron chi connectivity index (χ0n) is 10.5. The molecule has 0 radical (unpaired) electrons. The number of carbonyl (C=O) groups is 1. The Kier molecular flexibility index (Phi) is 3.68. The number of aliphatic hydroxyl groups excluding tert-OH is 2. The molecule has 2 atom stereocenters. The lowest BCUT2D eigenvalue weighted by atomic mass is 9.96. The zero-order valence-corrected chi connectivity index (χ0v) is 10.5. The van der Waals surface area contributed by atoms with E-state index in [4.69, 9.17) is 0 Å². The summed E-state index contributed by atoms with van der Waals surface area (Å²) >= 11 is 0. The summed E-state index contributed by atoms with van der Waals surface area (Å²) in [6.07, 6.45) is 0.841. The normalized spacial score (nSPS) is 19.9. The quantitative estimate of drug-likeness (QED) is 0.729. The van der Waals surface area contributed by atoms with E-state index in [0.717, 1.165) is 12.8 Å². The van der Waals surface area contributed by atoms with Gasteiger partial charge in [-0.2, -0.15) is 0 Å². The van der Waals surface area contributed by atoms with E-state index in [1.807, 2.05) is 13.0 Å². The number of amides is 1. The number of nitrogens with one attached hydrogen (secondary N) is 1. The first-order chi connectivity index (χ1) is 8.57. The van der Waals surface area contributed by atoms with Crippen molar-refractivity contribution in [3.05, 3.63) is 35.9 Å². The van der Waals surface area contributed by atoms with Crippen molar-refractivity contribution in [3.63, 3.8) is 0 Å². The van der Waals surface area contributed by atoms with Crippen LogP contribution >= 0.6 is 0 Å². The van der Waals surface area contributed by atoms with E-state index in [-0.39, 0.29) is 6.61 Å². The third-order valence-corrected chi connectivity index (χ3v) is 3.58. The van der Waals surface area contributed by atoms with Crippen LogP contribution in [0.4, 0.5) is 0 Å². The number of hydrogen-bond donors (Lipinski definition) is 3. The number of carbonyl (C=O) groups excluding carboxylic acids is 1. The molecule has 0 saturated heterocycles. The van der Waals surface area contributed by atoms with E-state index in [0.29, 0.717) is 11.5 Å². The Hall–Kier alpha value is -1.39. The molecule has 0 bridgehead atoms. The maximum atomic E-state index is 12.0. The number of rotatable bonds is 5. The second-order valence-corrected chi connectivity index (χ2v) is 5.15. The van der Waals surface area contributed by atoms with Crippen molar-refractivity contribution in [1.29, 1.82) is 0 Å². The first-order valence-electron chi connectivity index (χ1n) is 6.23. The highest BCUT2D eigenvalue weighted by Gasteiger charge is 2.42. The van der Waals surface area contributed by atoms with Crippen LogP contribution in [0.5, 0.6) is 0 Å². The van der Waals surface area contributed by atoms with Crippen molar-refractivity contribution in [2.24, 2.45) is 5.92 Å². The molecule has 3 N–H and O–H groups in total. The minimum absolute atomic E-state index is 0.106. The van der Waals surface area contributed by atoms with Gasteiger partial charge < -0.3 is 15.5 Å². The van der Waals surface area contributed by atoms with E-state index >= 15 is 0 Å². The average Bonchev–Trinajstić information content (AvgIpc) is 3.23. The van der Waals surface area contributed by atoms with Gasteiger partial charge >= 0.3 is 0 Å². The first kappa shape index (κ1) is 13.1. The molecule has 1 saturated carbocycles. The van der Waals surface area contributed by atoms with Crippen LogP contribution in [-0.2, 0) is 4.79 Å². The predicted octanol–water partition coefficient (Wildman–Crippen LogP) is 0.997. The maximum Gasteiger partial charge on any atom is 0.253 e. The monoisotopic (exact) mass is 249 g/mol. The van der Waals surface area contributed by atoms with Crippen LogP contribution in [0, 0.1) is 5.92 Å². The molecule has 18 heavy (non-hydrogen) atoms. The number of benzene rings is 1. The van der Waals surface area contributed by atoms with Crippen molar-refractivity contribution in [1.82, 2.24) is 5.32 Å². The van der Waals surface area contributed by atoms with Crippen LogP contribution in [-0.4, -0.2) is 28.3 Å². The Bertz CT molecular complexity index is 416. The maximum absolute atomic E-state index is 12.0. The van der Waals surface area contributed by atoms with Crippen molar-refractivity contribution in [2.75, 3.05) is 6.61 Å². The highest BCUT2D eigenvalue weighted by molar-refractivity contribution is 5.82. The Morgan fingerprint density at radius 1 is 1.44 bits per heavy atom. The highest BCUT2D eigenvalue weighted by atomic mass is 16.3. The van der Waals surface area contributed by atoms with Crippen LogP contribution < -0.4 is 5.32 Å². The number of hydrogen-bond acceptors (Lipinski definition) is 3. The summed E-state index contributed by atoms with van der Waals surface area (Å²) in [5.41, 5.74) is -0.0570. The molecule has 2 unspecified atom stereocenters. The van der Waals surface area contributed by atoms with Crippen molar-refractivity contribution in [3.8, 4) is 0 Å². The minimum Gasteiger partial charge on any atom is -0.394 e. The van der Waals surface area contributed by atoms with E-state index in [9.17, 15) is 15.0 Å². The predicted molar refractivity (Wildman–Crippen MR) is 67.8 cm³/mol. The van der Waals surface area contributed by atoms with Gasteiger partial charge in [0.05, 0.1) is 12.1 Å². The lowest BCUT2D eigenvalue weighted by molar-refractivity contribution is -0.132. The smallest absolute Gasteiger partial charge is 0.253 e. The summed E-state index contributed by atoms with van der Waals surface area (Å²) in [6, 6.07) is 8.79. The Balaban J connectivity index is 2.03. The topological polar surface area (TPSA) is 69.6 Å². The molecule has 0 aliphatic heterocycles. The third-order valence-electron chi connectivity index (χ3n) is 3.58. The van der Waals surface area contributed by atoms with Gasteiger partial charge in [0.25, 0.3) is 5.91 Å². The van der Waals surface area contributed by atoms with Gasteiger partial charge in [-0.05, 0) is 31.2 Å². The lowest BCUT2D eigenvalue weighted by Gasteiger charge is -2.30. The van der Waals surface area contributed by atoms with Gasteiger partial charge in [-0.15, -0.1) is 0 Å². The van der Waals surface area contributed by atoms with E-state index in [1.165, 1.54) is 0 Å². The van der Waals surface area contributed by atoms with E-state index in [2.05, 4.69) is 5.32 Å². The summed E-state index contributed by atoms with van der Waals surface area (Å²) in [5.74, 6) is -0.140. The minimum atomic E-state index is -1.18. The van der Waals surface area contributed by atoms with Crippen molar-refractivity contribution in [2.45, 2.75) is 31.4 Å². The summed E-state index contributed by atoms with van der Waals surface area (Å²) in [4.78, 5) is 12.0. The molecule has 1 aromatic rings. The van der Waals surface area contributed by atoms with Crippen molar-refractivity contribution < 1.29 is 15.0 Å². The van der Waals surface area contributed by atoms with Gasteiger partial charge in [0.15, 0.2) is 6.10 Å². The molecule has 1 fully saturated rings. The number of aliphatic hydroxyl groups is 2. The van der Waals surface area contributed by atoms with Crippen LogP contribution in [0.2, 0.25) is 0 Å². The molecular weight excluding hydrogens is 230 g/mol. The fourth-order valence-electron chi connectivity index (χ4n) is 2.13. The largest absolute Gasteiger partial charge is 0.394 e. The Morgan fingerprint density at radius 3 is 2.56 bits per heavy atom. The first-order valence-corrected chi connectivity index (χ1v) is 6.23. The second-order valence-electron chi connectivity index (χ2n) is 5.15. The summed E-state index contributed by atoms with van der Waals surface area (Å²) in [6.45, 7) is 1.71. The van der Waals surface area contributed by atoms with Gasteiger partial charge in [0.1, 0.15) is 0 Å². The third kappa shape index (κ3) is 2.71. The lowest BCUT2D eigenvalue weighted by Crippen LogP contribution is -2.52. The summed E-state index contributed by atoms with van der Waals surface area (Å²) in [7, 11) is 0. The van der Waals surface area contributed by atoms with E-state index < -0.39 is 17.6 Å². The van der Waals surface area contributed by atoms with Gasteiger partial charge in [0.2, 0.25) is 0 Å². The molecule has 0 heterocycles. The van der Waals surface area contributed by atoms with Gasteiger partial charge in [-0.25, -0.2) is 0 Å². The molecule has 1 amide bonds. The molecule has 0 spiro atoms. The average molecular weight is 249 g/mol. The van der Waals surface area contributed by atoms with Gasteiger partial charge in [-0.1, -0.05) is 30.3 Å². The molecule has 98 valence electrons. The van der Waals surface area contributed by atoms with Gasteiger partial charge in [0, 0.05) is 0 Å². The van der Waals surface area contributed by atoms with Crippen LogP contribution in [0.15, 0.2) is 30.3 Å². The molecule has 1 aromatic carbocycles. The summed E-state index contributed by atoms with van der Waals surface area (Å²) < 4.78 is 0. The molecular formula is C14H19NO3. The van der Waals surface area contributed by atoms with E-state index in [1.54, 1.807) is 24.3 Å². The standard InChI is InChI=1S/C14H19NO3/c1-14(9-16,11-7-8-11)15-13(18)12(17)10-5-3-2-4-6-10/h2-6,11-12,16-17H,7-9H2,1H3,(H,15,18). The van der Waals surface area contributed by atoms with Crippen LogP contribution in [0.1, 0.15) is 31.4 Å². The molecule has 1 aliphatic carbocycles. The highest BCUT2D eigenvalue weighted by Crippen LogP contribution is 2.39. The fourth-order valence-corrected chi connectivity index (χ4v) is 2.13. The van der Waals surface area contributed by atoms with Crippen molar-refractivity contribution >= 4 is 5.91 Å². The zero-order chi connectivity index (χ0) is 13.2. The van der Waals surface area contributed by atoms with Crippen LogP contribution in [0.3, 0.4) is 0 Å². The molecule has 4 heteroatoms.